The van der Waals surface area contributed by atoms with Gasteiger partial charge in [-0.25, -0.2) is 8.42 Å². The van der Waals surface area contributed by atoms with Crippen molar-refractivity contribution in [2.75, 3.05) is 13.1 Å². The Morgan fingerprint density at radius 3 is 2.63 bits per heavy atom. The number of hydrogen-bond acceptors (Lipinski definition) is 3. The maximum atomic E-state index is 12.3. The molecule has 0 heterocycles. The van der Waals surface area contributed by atoms with Crippen molar-refractivity contribution in [2.24, 2.45) is 0 Å². The highest BCUT2D eigenvalue weighted by Gasteiger charge is 2.26. The number of halogens is 1. The van der Waals surface area contributed by atoms with Crippen molar-refractivity contribution in [1.29, 1.82) is 0 Å². The van der Waals surface area contributed by atoms with E-state index >= 15 is 0 Å². The molecule has 7 heteroatoms. The van der Waals surface area contributed by atoms with E-state index in [9.17, 15) is 13.2 Å². The fraction of sp³-hybridized carbons (Fsp3) is 0.250. The zero-order valence-electron chi connectivity index (χ0n) is 10.1. The summed E-state index contributed by atoms with van der Waals surface area (Å²) in [6, 6.07) is 4.46. The zero-order chi connectivity index (χ0) is 14.6. The number of benzene rings is 1. The van der Waals surface area contributed by atoms with Gasteiger partial charge < -0.3 is 5.11 Å². The van der Waals surface area contributed by atoms with Gasteiger partial charge in [0.15, 0.2) is 0 Å². The first-order valence-corrected chi connectivity index (χ1v) is 7.44. The average molecular weight is 346 g/mol. The highest BCUT2D eigenvalue weighted by atomic mass is 79.9. The smallest absolute Gasteiger partial charge is 0.318 e. The van der Waals surface area contributed by atoms with Crippen LogP contribution in [0.1, 0.15) is 5.56 Å². The summed E-state index contributed by atoms with van der Waals surface area (Å²) in [5.41, 5.74) is 0.733. The molecule has 5 nitrogen and oxygen atoms in total. The molecule has 0 bridgehead atoms. The van der Waals surface area contributed by atoms with Gasteiger partial charge in [0, 0.05) is 4.47 Å². The van der Waals surface area contributed by atoms with Gasteiger partial charge in [0.2, 0.25) is 10.0 Å². The number of aryl methyl sites for hydroxylation is 1. The minimum absolute atomic E-state index is 0.0182. The molecule has 0 aliphatic carbocycles. The molecule has 0 unspecified atom stereocenters. The van der Waals surface area contributed by atoms with Crippen molar-refractivity contribution in [3.8, 4) is 12.3 Å². The van der Waals surface area contributed by atoms with Crippen molar-refractivity contribution in [1.82, 2.24) is 4.31 Å². The van der Waals surface area contributed by atoms with E-state index in [2.05, 4.69) is 21.9 Å². The van der Waals surface area contributed by atoms with Crippen LogP contribution in [0.5, 0.6) is 0 Å². The molecule has 0 aliphatic rings. The van der Waals surface area contributed by atoms with Gasteiger partial charge in [0.25, 0.3) is 0 Å². The summed E-state index contributed by atoms with van der Waals surface area (Å²) >= 11 is 3.27. The Kier molecular flexibility index (Phi) is 5.11. The van der Waals surface area contributed by atoms with Crippen LogP contribution in [-0.2, 0) is 14.8 Å². The van der Waals surface area contributed by atoms with Crippen molar-refractivity contribution in [2.45, 2.75) is 11.8 Å². The third-order valence-corrected chi connectivity index (χ3v) is 5.02. The van der Waals surface area contributed by atoms with E-state index in [4.69, 9.17) is 11.5 Å². The zero-order valence-corrected chi connectivity index (χ0v) is 12.5. The van der Waals surface area contributed by atoms with Gasteiger partial charge >= 0.3 is 5.97 Å². The maximum absolute atomic E-state index is 12.3. The van der Waals surface area contributed by atoms with Gasteiger partial charge in [-0.3, -0.25) is 4.79 Å². The Balaban J connectivity index is 3.22. The van der Waals surface area contributed by atoms with E-state index in [1.807, 2.05) is 0 Å². The molecule has 0 radical (unpaired) electrons. The number of hydrogen-bond donors (Lipinski definition) is 1. The van der Waals surface area contributed by atoms with Gasteiger partial charge in [-0.2, -0.15) is 4.31 Å². The van der Waals surface area contributed by atoms with Gasteiger partial charge in [0.1, 0.15) is 6.54 Å². The van der Waals surface area contributed by atoms with E-state index in [-0.39, 0.29) is 11.4 Å². The fourth-order valence-electron chi connectivity index (χ4n) is 1.41. The van der Waals surface area contributed by atoms with E-state index in [0.29, 0.717) is 0 Å². The van der Waals surface area contributed by atoms with Crippen molar-refractivity contribution in [3.05, 3.63) is 28.2 Å². The van der Waals surface area contributed by atoms with Crippen molar-refractivity contribution < 1.29 is 18.3 Å². The summed E-state index contributed by atoms with van der Waals surface area (Å²) in [5.74, 6) is 0.892. The van der Waals surface area contributed by atoms with Crippen LogP contribution >= 0.6 is 15.9 Å². The average Bonchev–Trinajstić information content (AvgIpc) is 2.31. The molecule has 1 N–H and O–H groups in total. The maximum Gasteiger partial charge on any atom is 0.318 e. The Morgan fingerprint density at radius 2 is 2.16 bits per heavy atom. The van der Waals surface area contributed by atoms with Crippen LogP contribution in [0.2, 0.25) is 0 Å². The number of terminal acetylenes is 1. The molecule has 0 atom stereocenters. The lowest BCUT2D eigenvalue weighted by Gasteiger charge is -2.18. The second-order valence-corrected chi connectivity index (χ2v) is 6.57. The molecule has 102 valence electrons. The van der Waals surface area contributed by atoms with Crippen LogP contribution < -0.4 is 0 Å². The minimum atomic E-state index is -3.91. The number of aliphatic carboxylic acids is 1. The lowest BCUT2D eigenvalue weighted by atomic mass is 10.2. The Hall–Kier alpha value is -1.36. The summed E-state index contributed by atoms with van der Waals surface area (Å²) in [6.45, 7) is 0.789. The van der Waals surface area contributed by atoms with Gasteiger partial charge in [-0.1, -0.05) is 21.9 Å². The van der Waals surface area contributed by atoms with Crippen LogP contribution in [0.3, 0.4) is 0 Å². The van der Waals surface area contributed by atoms with Gasteiger partial charge in [-0.15, -0.1) is 6.42 Å². The third-order valence-electron chi connectivity index (χ3n) is 2.35. The highest BCUT2D eigenvalue weighted by Crippen LogP contribution is 2.22. The molecular formula is C12H12BrNO4S. The Labute approximate surface area is 120 Å². The molecule has 0 aliphatic heterocycles. The first kappa shape index (κ1) is 15.7. The summed E-state index contributed by atoms with van der Waals surface area (Å²) in [5, 5.41) is 8.74. The number of carboxylic acid groups (broad SMARTS) is 1. The molecule has 0 saturated carbocycles. The van der Waals surface area contributed by atoms with Crippen molar-refractivity contribution in [3.63, 3.8) is 0 Å². The lowest BCUT2D eigenvalue weighted by molar-refractivity contribution is -0.137. The fourth-order valence-corrected chi connectivity index (χ4v) is 3.04. The van der Waals surface area contributed by atoms with E-state index in [0.717, 1.165) is 14.3 Å². The standard InChI is InChI=1S/C12H12BrNO4S/c1-3-6-14(8-12(15)16)19(17,18)10-4-5-11(13)9(2)7-10/h1,4-5,7H,6,8H2,2H3,(H,15,16). The Morgan fingerprint density at radius 1 is 1.53 bits per heavy atom. The topological polar surface area (TPSA) is 74.7 Å². The summed E-state index contributed by atoms with van der Waals surface area (Å²) in [6.07, 6.45) is 5.08. The molecule has 0 fully saturated rings. The number of sulfonamides is 1. The van der Waals surface area contributed by atoms with Crippen LogP contribution in [-0.4, -0.2) is 36.9 Å². The van der Waals surface area contributed by atoms with Crippen molar-refractivity contribution >= 4 is 31.9 Å². The first-order chi connectivity index (χ1) is 8.78. The second kappa shape index (κ2) is 6.19. The summed E-state index contributed by atoms with van der Waals surface area (Å²) < 4.78 is 26.1. The molecule has 0 spiro atoms. The molecule has 1 aromatic carbocycles. The number of nitrogens with zero attached hydrogens (tertiary/aromatic N) is 1. The summed E-state index contributed by atoms with van der Waals surface area (Å²) in [7, 11) is -3.91. The number of rotatable bonds is 5. The lowest BCUT2D eigenvalue weighted by Crippen LogP contribution is -2.36. The molecule has 0 aromatic heterocycles. The highest BCUT2D eigenvalue weighted by molar-refractivity contribution is 9.10. The van der Waals surface area contributed by atoms with Gasteiger partial charge in [-0.05, 0) is 30.7 Å². The monoisotopic (exact) mass is 345 g/mol. The molecule has 0 amide bonds. The van der Waals surface area contributed by atoms with Crippen LogP contribution in [0, 0.1) is 19.3 Å². The predicted molar refractivity (Wildman–Crippen MR) is 74.1 cm³/mol. The number of carboxylic acids is 1. The minimum Gasteiger partial charge on any atom is -0.480 e. The predicted octanol–water partition coefficient (Wildman–Crippen LogP) is 1.47. The normalized spacial score (nSPS) is 11.3. The van der Waals surface area contributed by atoms with Crippen LogP contribution in [0.15, 0.2) is 27.6 Å². The molecule has 1 aromatic rings. The van der Waals surface area contributed by atoms with Crippen LogP contribution in [0.25, 0.3) is 0 Å². The molecule has 0 saturated heterocycles. The van der Waals surface area contributed by atoms with E-state index in [1.54, 1.807) is 13.0 Å². The van der Waals surface area contributed by atoms with E-state index < -0.39 is 22.5 Å². The number of carbonyl (C=O) groups is 1. The quantitative estimate of drug-likeness (QED) is 0.820. The SMILES string of the molecule is C#CCN(CC(=O)O)S(=O)(=O)c1ccc(Br)c(C)c1. The summed E-state index contributed by atoms with van der Waals surface area (Å²) in [4.78, 5) is 10.7. The first-order valence-electron chi connectivity index (χ1n) is 5.20. The van der Waals surface area contributed by atoms with Crippen LogP contribution in [0.4, 0.5) is 0 Å². The second-order valence-electron chi connectivity index (χ2n) is 3.78. The molecule has 19 heavy (non-hydrogen) atoms. The van der Waals surface area contributed by atoms with Gasteiger partial charge in [0.05, 0.1) is 11.4 Å². The third kappa shape index (κ3) is 3.80. The molecule has 1 rings (SSSR count). The largest absolute Gasteiger partial charge is 0.480 e. The molecular weight excluding hydrogens is 334 g/mol. The Bertz CT molecular complexity index is 634. The van der Waals surface area contributed by atoms with E-state index in [1.165, 1.54) is 12.1 Å².